The molecule has 1 aliphatic rings. The molecular weight excluding hydrogens is 340 g/mol. The maximum atomic E-state index is 10.5. The highest BCUT2D eigenvalue weighted by molar-refractivity contribution is 5.68. The molecule has 0 radical (unpaired) electrons. The highest BCUT2D eigenvalue weighted by atomic mass is 16.5. The third kappa shape index (κ3) is 3.66. The van der Waals surface area contributed by atoms with Crippen LogP contribution in [0.2, 0.25) is 0 Å². The number of aromatic nitrogens is 3. The molecule has 140 valence electrons. The Morgan fingerprint density at radius 3 is 2.93 bits per heavy atom. The third-order valence-corrected chi connectivity index (χ3v) is 4.93. The predicted octanol–water partition coefficient (Wildman–Crippen LogP) is 3.44. The van der Waals surface area contributed by atoms with Crippen molar-refractivity contribution in [1.29, 1.82) is 0 Å². The molecule has 1 aliphatic heterocycles. The van der Waals surface area contributed by atoms with Gasteiger partial charge in [-0.25, -0.2) is 4.98 Å². The standard InChI is InChI=1S/C21H24N4O2/c1-3-20-23-14(2)18(24-20)13-25-7-8-27-21-17(12-25)9-16(10-19(21)26)15-5-4-6-22-11-15/h4-6,9-11,26H,3,7-8,12-13H2,1-2H3,(H,23,24). The third-order valence-electron chi connectivity index (χ3n) is 4.93. The van der Waals surface area contributed by atoms with Crippen molar-refractivity contribution in [2.75, 3.05) is 13.2 Å². The van der Waals surface area contributed by atoms with Crippen molar-refractivity contribution in [1.82, 2.24) is 19.9 Å². The van der Waals surface area contributed by atoms with Crippen LogP contribution in [0.15, 0.2) is 36.7 Å². The molecule has 0 saturated carbocycles. The van der Waals surface area contributed by atoms with Crippen LogP contribution in [-0.2, 0) is 19.5 Å². The van der Waals surface area contributed by atoms with Crippen molar-refractivity contribution in [3.05, 3.63) is 59.4 Å². The second kappa shape index (κ2) is 7.40. The molecule has 0 unspecified atom stereocenters. The maximum absolute atomic E-state index is 10.5. The highest BCUT2D eigenvalue weighted by Gasteiger charge is 2.21. The van der Waals surface area contributed by atoms with Gasteiger partial charge in [-0.05, 0) is 30.7 Å². The second-order valence-electron chi connectivity index (χ2n) is 6.89. The molecule has 0 amide bonds. The number of nitrogens with one attached hydrogen (secondary N) is 1. The number of H-pyrrole nitrogens is 1. The Bertz CT molecular complexity index is 937. The maximum Gasteiger partial charge on any atom is 0.165 e. The summed E-state index contributed by atoms with van der Waals surface area (Å²) in [5.41, 5.74) is 5.08. The molecule has 0 fully saturated rings. The lowest BCUT2D eigenvalue weighted by molar-refractivity contribution is 0.215. The van der Waals surface area contributed by atoms with Crippen LogP contribution in [-0.4, -0.2) is 38.1 Å². The van der Waals surface area contributed by atoms with Crippen molar-refractivity contribution in [3.8, 4) is 22.6 Å². The van der Waals surface area contributed by atoms with Crippen LogP contribution >= 0.6 is 0 Å². The number of ether oxygens (including phenoxy) is 1. The van der Waals surface area contributed by atoms with Gasteiger partial charge < -0.3 is 14.8 Å². The van der Waals surface area contributed by atoms with Crippen LogP contribution in [0.25, 0.3) is 11.1 Å². The van der Waals surface area contributed by atoms with Crippen molar-refractivity contribution in [3.63, 3.8) is 0 Å². The number of imidazole rings is 1. The van der Waals surface area contributed by atoms with E-state index in [1.807, 2.05) is 12.1 Å². The summed E-state index contributed by atoms with van der Waals surface area (Å²) in [6.45, 7) is 6.94. The fraction of sp³-hybridized carbons (Fsp3) is 0.333. The molecule has 0 saturated heterocycles. The summed E-state index contributed by atoms with van der Waals surface area (Å²) in [6.07, 6.45) is 4.44. The summed E-state index contributed by atoms with van der Waals surface area (Å²) in [6, 6.07) is 7.71. The zero-order chi connectivity index (χ0) is 18.8. The van der Waals surface area contributed by atoms with Gasteiger partial charge in [0.1, 0.15) is 12.4 Å². The zero-order valence-electron chi connectivity index (χ0n) is 15.7. The summed E-state index contributed by atoms with van der Waals surface area (Å²) in [7, 11) is 0. The molecule has 0 spiro atoms. The van der Waals surface area contributed by atoms with E-state index in [9.17, 15) is 5.11 Å². The number of phenols is 1. The summed E-state index contributed by atoms with van der Waals surface area (Å²) in [5, 5.41) is 10.5. The molecule has 3 aromatic rings. The van der Waals surface area contributed by atoms with Gasteiger partial charge in [0.2, 0.25) is 0 Å². The van der Waals surface area contributed by atoms with Crippen LogP contribution in [0.3, 0.4) is 0 Å². The number of aromatic hydroxyl groups is 1. The lowest BCUT2D eigenvalue weighted by atomic mass is 10.0. The number of phenolic OH excluding ortho intramolecular Hbond substituents is 1. The Kier molecular flexibility index (Phi) is 4.81. The van der Waals surface area contributed by atoms with Gasteiger partial charge in [-0.3, -0.25) is 9.88 Å². The Labute approximate surface area is 158 Å². The minimum atomic E-state index is 0.178. The topological polar surface area (TPSA) is 74.3 Å². The van der Waals surface area contributed by atoms with E-state index in [1.54, 1.807) is 18.5 Å². The van der Waals surface area contributed by atoms with E-state index in [0.29, 0.717) is 18.9 Å². The molecule has 6 nitrogen and oxygen atoms in total. The average molecular weight is 364 g/mol. The minimum Gasteiger partial charge on any atom is -0.504 e. The quantitative estimate of drug-likeness (QED) is 0.742. The number of aromatic amines is 1. The van der Waals surface area contributed by atoms with Crippen LogP contribution in [0.5, 0.6) is 11.5 Å². The van der Waals surface area contributed by atoms with Crippen molar-refractivity contribution in [2.24, 2.45) is 0 Å². The largest absolute Gasteiger partial charge is 0.504 e. The number of fused-ring (bicyclic) bond motifs is 1. The van der Waals surface area contributed by atoms with Gasteiger partial charge in [0.25, 0.3) is 0 Å². The van der Waals surface area contributed by atoms with Gasteiger partial charge in [0.15, 0.2) is 11.5 Å². The Morgan fingerprint density at radius 2 is 2.19 bits per heavy atom. The van der Waals surface area contributed by atoms with Gasteiger partial charge in [0.05, 0.1) is 5.69 Å². The highest BCUT2D eigenvalue weighted by Crippen LogP contribution is 2.37. The van der Waals surface area contributed by atoms with Crippen molar-refractivity contribution >= 4 is 0 Å². The second-order valence-corrected chi connectivity index (χ2v) is 6.89. The molecule has 1 aromatic carbocycles. The number of aryl methyl sites for hydroxylation is 2. The van der Waals surface area contributed by atoms with Crippen LogP contribution < -0.4 is 4.74 Å². The fourth-order valence-corrected chi connectivity index (χ4v) is 3.48. The van der Waals surface area contributed by atoms with Gasteiger partial charge >= 0.3 is 0 Å². The summed E-state index contributed by atoms with van der Waals surface area (Å²) in [5.74, 6) is 1.78. The van der Waals surface area contributed by atoms with Gasteiger partial charge in [-0.2, -0.15) is 0 Å². The number of benzene rings is 1. The van der Waals surface area contributed by atoms with Gasteiger partial charge in [-0.15, -0.1) is 0 Å². The van der Waals surface area contributed by atoms with Crippen LogP contribution in [0, 0.1) is 6.92 Å². The normalized spacial score (nSPS) is 14.4. The number of rotatable bonds is 4. The molecule has 2 N–H and O–H groups in total. The summed E-state index contributed by atoms with van der Waals surface area (Å²) < 4.78 is 5.86. The molecule has 0 bridgehead atoms. The molecule has 0 atom stereocenters. The lowest BCUT2D eigenvalue weighted by Crippen LogP contribution is -2.25. The van der Waals surface area contributed by atoms with E-state index in [2.05, 4.69) is 34.8 Å². The first-order valence-electron chi connectivity index (χ1n) is 9.30. The first-order valence-corrected chi connectivity index (χ1v) is 9.30. The number of hydrogen-bond acceptors (Lipinski definition) is 5. The molecule has 4 rings (SSSR count). The van der Waals surface area contributed by atoms with Gasteiger partial charge in [0, 0.05) is 55.3 Å². The van der Waals surface area contributed by atoms with Crippen LogP contribution in [0.4, 0.5) is 0 Å². The minimum absolute atomic E-state index is 0.178. The monoisotopic (exact) mass is 364 g/mol. The molecule has 0 aliphatic carbocycles. The van der Waals surface area contributed by atoms with Crippen molar-refractivity contribution < 1.29 is 9.84 Å². The van der Waals surface area contributed by atoms with Crippen molar-refractivity contribution in [2.45, 2.75) is 33.4 Å². The molecule has 2 aromatic heterocycles. The van der Waals surface area contributed by atoms with Crippen LogP contribution in [0.1, 0.15) is 29.7 Å². The number of hydrogen-bond donors (Lipinski definition) is 2. The zero-order valence-corrected chi connectivity index (χ0v) is 15.7. The summed E-state index contributed by atoms with van der Waals surface area (Å²) in [4.78, 5) is 14.5. The van der Waals surface area contributed by atoms with Gasteiger partial charge in [-0.1, -0.05) is 13.0 Å². The number of pyridine rings is 1. The van der Waals surface area contributed by atoms with E-state index >= 15 is 0 Å². The van der Waals surface area contributed by atoms with E-state index in [0.717, 1.165) is 53.4 Å². The summed E-state index contributed by atoms with van der Waals surface area (Å²) >= 11 is 0. The average Bonchev–Trinajstić information content (AvgIpc) is 2.90. The Balaban J connectivity index is 1.62. The molecule has 3 heterocycles. The fourth-order valence-electron chi connectivity index (χ4n) is 3.48. The predicted molar refractivity (Wildman–Crippen MR) is 104 cm³/mol. The Morgan fingerprint density at radius 1 is 1.30 bits per heavy atom. The first kappa shape index (κ1) is 17.5. The molecule has 27 heavy (non-hydrogen) atoms. The van der Waals surface area contributed by atoms with E-state index < -0.39 is 0 Å². The lowest BCUT2D eigenvalue weighted by Gasteiger charge is -2.19. The Hall–Kier alpha value is -2.86. The first-order chi connectivity index (χ1) is 13.1. The molecular formula is C21H24N4O2. The van der Waals surface area contributed by atoms with E-state index in [1.165, 1.54) is 0 Å². The number of nitrogens with zero attached hydrogens (tertiary/aromatic N) is 3. The molecule has 6 heteroatoms. The SMILES string of the molecule is CCc1nc(CN2CCOc3c(O)cc(-c4cccnc4)cc3C2)c(C)[nH]1. The van der Waals surface area contributed by atoms with E-state index in [4.69, 9.17) is 9.72 Å². The smallest absolute Gasteiger partial charge is 0.165 e. The van der Waals surface area contributed by atoms with E-state index in [-0.39, 0.29) is 5.75 Å².